The lowest BCUT2D eigenvalue weighted by molar-refractivity contribution is -0.141. The Labute approximate surface area is 102 Å². The number of nitrogens with one attached hydrogen (secondary N) is 1. The molecule has 0 aliphatic carbocycles. The molecular weight excluding hydrogens is 242 g/mol. The highest BCUT2D eigenvalue weighted by Gasteiger charge is 2.30. The highest BCUT2D eigenvalue weighted by molar-refractivity contribution is 7.09. The van der Waals surface area contributed by atoms with E-state index < -0.39 is 11.9 Å². The fourth-order valence-corrected chi connectivity index (χ4v) is 2.31. The van der Waals surface area contributed by atoms with Crippen LogP contribution in [0.15, 0.2) is 11.6 Å². The number of aromatic nitrogens is 1. The van der Waals surface area contributed by atoms with E-state index >= 15 is 0 Å². The lowest BCUT2D eigenvalue weighted by atomic mass is 10.1. The first-order valence-electron chi connectivity index (χ1n) is 5.31. The molecule has 1 aliphatic heterocycles. The number of urea groups is 1. The van der Waals surface area contributed by atoms with Crippen molar-refractivity contribution in [1.29, 1.82) is 0 Å². The zero-order valence-corrected chi connectivity index (χ0v) is 9.94. The summed E-state index contributed by atoms with van der Waals surface area (Å²) in [5.41, 5.74) is 0. The number of amides is 2. The summed E-state index contributed by atoms with van der Waals surface area (Å²) in [7, 11) is 0. The molecule has 1 aliphatic rings. The summed E-state index contributed by atoms with van der Waals surface area (Å²) in [6, 6.07) is -0.219. The molecule has 92 valence electrons. The van der Waals surface area contributed by atoms with Gasteiger partial charge in [-0.05, 0) is 6.42 Å². The van der Waals surface area contributed by atoms with E-state index in [1.54, 1.807) is 6.20 Å². The van der Waals surface area contributed by atoms with Gasteiger partial charge >= 0.3 is 12.0 Å². The maximum Gasteiger partial charge on any atom is 0.317 e. The third kappa shape index (κ3) is 2.94. The highest BCUT2D eigenvalue weighted by atomic mass is 32.1. The topological polar surface area (TPSA) is 82.5 Å². The monoisotopic (exact) mass is 255 g/mol. The van der Waals surface area contributed by atoms with Crippen molar-refractivity contribution in [3.8, 4) is 0 Å². The van der Waals surface area contributed by atoms with Crippen LogP contribution in [0.2, 0.25) is 0 Å². The van der Waals surface area contributed by atoms with E-state index in [-0.39, 0.29) is 6.03 Å². The SMILES string of the molecule is O=C(O)C1CCN(C(=O)NCc2nccs2)C1. The van der Waals surface area contributed by atoms with Crippen molar-refractivity contribution in [3.63, 3.8) is 0 Å². The minimum atomic E-state index is -0.833. The Morgan fingerprint density at radius 1 is 1.65 bits per heavy atom. The normalized spacial score (nSPS) is 19.3. The second kappa shape index (κ2) is 5.13. The average Bonchev–Trinajstić information content (AvgIpc) is 2.96. The first-order chi connectivity index (χ1) is 8.16. The zero-order chi connectivity index (χ0) is 12.3. The van der Waals surface area contributed by atoms with E-state index in [1.807, 2.05) is 5.38 Å². The van der Waals surface area contributed by atoms with E-state index in [4.69, 9.17) is 5.11 Å². The first kappa shape index (κ1) is 11.8. The van der Waals surface area contributed by atoms with Gasteiger partial charge in [0, 0.05) is 24.7 Å². The smallest absolute Gasteiger partial charge is 0.317 e. The number of hydrogen-bond acceptors (Lipinski definition) is 4. The van der Waals surface area contributed by atoms with Gasteiger partial charge in [-0.25, -0.2) is 9.78 Å². The van der Waals surface area contributed by atoms with Crippen molar-refractivity contribution in [1.82, 2.24) is 15.2 Å². The van der Waals surface area contributed by atoms with Gasteiger partial charge in [0.25, 0.3) is 0 Å². The maximum atomic E-state index is 11.7. The van der Waals surface area contributed by atoms with Crippen molar-refractivity contribution < 1.29 is 14.7 Å². The fraction of sp³-hybridized carbons (Fsp3) is 0.500. The van der Waals surface area contributed by atoms with E-state index in [9.17, 15) is 9.59 Å². The van der Waals surface area contributed by atoms with Crippen LogP contribution in [0, 0.1) is 5.92 Å². The molecule has 0 aromatic carbocycles. The van der Waals surface area contributed by atoms with Crippen LogP contribution < -0.4 is 5.32 Å². The Morgan fingerprint density at radius 2 is 2.47 bits per heavy atom. The Hall–Kier alpha value is -1.63. The van der Waals surface area contributed by atoms with Crippen molar-refractivity contribution >= 4 is 23.3 Å². The van der Waals surface area contributed by atoms with Gasteiger partial charge in [-0.1, -0.05) is 0 Å². The number of nitrogens with zero attached hydrogens (tertiary/aromatic N) is 2. The zero-order valence-electron chi connectivity index (χ0n) is 9.13. The van der Waals surface area contributed by atoms with Crippen LogP contribution in [0.25, 0.3) is 0 Å². The van der Waals surface area contributed by atoms with Crippen LogP contribution >= 0.6 is 11.3 Å². The Morgan fingerprint density at radius 3 is 3.06 bits per heavy atom. The Kier molecular flexibility index (Phi) is 3.58. The number of carboxylic acid groups (broad SMARTS) is 1. The molecule has 2 amide bonds. The van der Waals surface area contributed by atoms with Crippen molar-refractivity contribution in [2.24, 2.45) is 5.92 Å². The van der Waals surface area contributed by atoms with Crippen LogP contribution in [-0.4, -0.2) is 40.1 Å². The maximum absolute atomic E-state index is 11.7. The standard InChI is InChI=1S/C10H13N3O3S/c14-9(15)7-1-3-13(6-7)10(16)12-5-8-11-2-4-17-8/h2,4,7H,1,3,5-6H2,(H,12,16)(H,14,15). The summed E-state index contributed by atoms with van der Waals surface area (Å²) in [5, 5.41) is 14.2. The van der Waals surface area contributed by atoms with Crippen LogP contribution in [0.3, 0.4) is 0 Å². The third-order valence-electron chi connectivity index (χ3n) is 2.70. The molecule has 2 N–H and O–H groups in total. The van der Waals surface area contributed by atoms with E-state index in [0.29, 0.717) is 26.1 Å². The van der Waals surface area contributed by atoms with E-state index in [0.717, 1.165) is 5.01 Å². The Balaban J connectivity index is 1.79. The molecule has 1 aromatic heterocycles. The molecule has 0 bridgehead atoms. The predicted octanol–water partition coefficient (Wildman–Crippen LogP) is 0.759. The first-order valence-corrected chi connectivity index (χ1v) is 6.18. The van der Waals surface area contributed by atoms with Gasteiger partial charge < -0.3 is 15.3 Å². The number of carboxylic acids is 1. The number of hydrogen-bond donors (Lipinski definition) is 2. The molecule has 2 heterocycles. The molecule has 17 heavy (non-hydrogen) atoms. The summed E-state index contributed by atoms with van der Waals surface area (Å²) in [6.07, 6.45) is 2.21. The number of thiazole rings is 1. The number of likely N-dealkylation sites (tertiary alicyclic amines) is 1. The molecule has 1 atom stereocenters. The lowest BCUT2D eigenvalue weighted by Crippen LogP contribution is -2.38. The lowest BCUT2D eigenvalue weighted by Gasteiger charge is -2.15. The third-order valence-corrected chi connectivity index (χ3v) is 3.48. The quantitative estimate of drug-likeness (QED) is 0.835. The summed E-state index contributed by atoms with van der Waals surface area (Å²) in [5.74, 6) is -1.26. The van der Waals surface area contributed by atoms with E-state index in [2.05, 4.69) is 10.3 Å². The molecule has 1 saturated heterocycles. The van der Waals surface area contributed by atoms with Crippen LogP contribution in [0.5, 0.6) is 0 Å². The molecule has 1 unspecified atom stereocenters. The number of carbonyl (C=O) groups is 2. The molecule has 1 fully saturated rings. The number of rotatable bonds is 3. The number of aliphatic carboxylic acids is 1. The minimum absolute atomic E-state index is 0.219. The van der Waals surface area contributed by atoms with Gasteiger partial charge in [0.05, 0.1) is 12.5 Å². The second-order valence-electron chi connectivity index (χ2n) is 3.85. The molecule has 0 radical (unpaired) electrons. The highest BCUT2D eigenvalue weighted by Crippen LogP contribution is 2.16. The summed E-state index contributed by atoms with van der Waals surface area (Å²) in [4.78, 5) is 28.0. The van der Waals surface area contributed by atoms with E-state index in [1.165, 1.54) is 16.2 Å². The molecule has 6 nitrogen and oxygen atoms in total. The molecule has 0 spiro atoms. The molecular formula is C10H13N3O3S. The average molecular weight is 255 g/mol. The van der Waals surface area contributed by atoms with Crippen LogP contribution in [0.1, 0.15) is 11.4 Å². The summed E-state index contributed by atoms with van der Waals surface area (Å²) >= 11 is 1.47. The van der Waals surface area contributed by atoms with Crippen molar-refractivity contribution in [2.45, 2.75) is 13.0 Å². The van der Waals surface area contributed by atoms with Gasteiger partial charge in [-0.2, -0.15) is 0 Å². The minimum Gasteiger partial charge on any atom is -0.481 e. The van der Waals surface area contributed by atoms with Gasteiger partial charge in [0.1, 0.15) is 5.01 Å². The second-order valence-corrected chi connectivity index (χ2v) is 4.83. The largest absolute Gasteiger partial charge is 0.481 e. The van der Waals surface area contributed by atoms with Crippen LogP contribution in [-0.2, 0) is 11.3 Å². The van der Waals surface area contributed by atoms with Gasteiger partial charge in [0.2, 0.25) is 0 Å². The van der Waals surface area contributed by atoms with Gasteiger partial charge in [0.15, 0.2) is 0 Å². The fourth-order valence-electron chi connectivity index (χ4n) is 1.75. The van der Waals surface area contributed by atoms with Gasteiger partial charge in [-0.15, -0.1) is 11.3 Å². The molecule has 0 saturated carbocycles. The Bertz CT molecular complexity index is 407. The van der Waals surface area contributed by atoms with Gasteiger partial charge in [-0.3, -0.25) is 4.79 Å². The van der Waals surface area contributed by atoms with Crippen molar-refractivity contribution in [2.75, 3.05) is 13.1 Å². The number of carbonyl (C=O) groups excluding carboxylic acids is 1. The molecule has 2 rings (SSSR count). The van der Waals surface area contributed by atoms with Crippen LogP contribution in [0.4, 0.5) is 4.79 Å². The van der Waals surface area contributed by atoms with Crippen molar-refractivity contribution in [3.05, 3.63) is 16.6 Å². The predicted molar refractivity (Wildman–Crippen MR) is 61.7 cm³/mol. The summed E-state index contributed by atoms with van der Waals surface area (Å²) < 4.78 is 0. The summed E-state index contributed by atoms with van der Waals surface area (Å²) in [6.45, 7) is 1.18. The molecule has 7 heteroatoms. The molecule has 1 aromatic rings.